The van der Waals surface area contributed by atoms with Crippen molar-refractivity contribution < 1.29 is 9.47 Å². The van der Waals surface area contributed by atoms with Crippen LogP contribution in [0.5, 0.6) is 11.5 Å². The molecule has 0 radical (unpaired) electrons. The smallest absolute Gasteiger partial charge is 0.267 e. The van der Waals surface area contributed by atoms with Crippen molar-refractivity contribution in [2.45, 2.75) is 20.0 Å². The van der Waals surface area contributed by atoms with E-state index in [-0.39, 0.29) is 11.7 Å². The maximum atomic E-state index is 13.0. The molecule has 0 amide bonds. The third-order valence-electron chi connectivity index (χ3n) is 4.53. The Morgan fingerprint density at radius 2 is 1.79 bits per heavy atom. The van der Waals surface area contributed by atoms with Gasteiger partial charge in [0.25, 0.3) is 5.56 Å². The highest BCUT2D eigenvalue weighted by atomic mass is 31.0. The van der Waals surface area contributed by atoms with Crippen LogP contribution < -0.4 is 20.8 Å². The normalized spacial score (nSPS) is 11.5. The monoisotopic (exact) mass is 396 g/mol. The number of benzene rings is 2. The van der Waals surface area contributed by atoms with Crippen LogP contribution in [0.4, 0.5) is 5.82 Å². The highest BCUT2D eigenvalue weighted by Gasteiger charge is 2.19. The topological polar surface area (TPSA) is 84.3 Å². The molecule has 2 heterocycles. The summed E-state index contributed by atoms with van der Waals surface area (Å²) in [6.07, 6.45) is 0.0378. The Hall–Kier alpha value is -3.05. The Labute approximate surface area is 163 Å². The van der Waals surface area contributed by atoms with E-state index in [1.165, 1.54) is 4.34 Å². The molecular formula is C20H21N4O3P. The van der Waals surface area contributed by atoms with Gasteiger partial charge in [0.1, 0.15) is 28.2 Å². The number of nitrogen functional groups attached to an aromatic ring is 1. The van der Waals surface area contributed by atoms with E-state index >= 15 is 0 Å². The third kappa shape index (κ3) is 2.88. The van der Waals surface area contributed by atoms with Crippen LogP contribution in [0.2, 0.25) is 0 Å². The number of ether oxygens (including phenoxy) is 2. The molecule has 2 N–H and O–H groups in total. The molecule has 4 aromatic rings. The van der Waals surface area contributed by atoms with Crippen molar-refractivity contribution in [1.29, 1.82) is 0 Å². The number of aromatic nitrogens is 3. The number of methoxy groups -OCH3 is 1. The molecule has 4 rings (SSSR count). The summed E-state index contributed by atoms with van der Waals surface area (Å²) in [5, 5.41) is 5.85. The van der Waals surface area contributed by atoms with Crippen molar-refractivity contribution in [2.24, 2.45) is 0 Å². The van der Waals surface area contributed by atoms with Crippen molar-refractivity contribution in [3.05, 3.63) is 52.8 Å². The van der Waals surface area contributed by atoms with Gasteiger partial charge in [-0.2, -0.15) is 5.10 Å². The lowest BCUT2D eigenvalue weighted by Gasteiger charge is -2.12. The summed E-state index contributed by atoms with van der Waals surface area (Å²) in [6.45, 7) is 3.91. The average Bonchev–Trinajstić information content (AvgIpc) is 3.03. The second-order valence-corrected chi connectivity index (χ2v) is 7.26. The van der Waals surface area contributed by atoms with Crippen LogP contribution in [0.15, 0.2) is 47.3 Å². The minimum absolute atomic E-state index is 0.0378. The van der Waals surface area contributed by atoms with Gasteiger partial charge in [0.05, 0.1) is 24.4 Å². The van der Waals surface area contributed by atoms with Crippen LogP contribution in [-0.2, 0) is 0 Å². The zero-order valence-electron chi connectivity index (χ0n) is 15.8. The van der Waals surface area contributed by atoms with Crippen LogP contribution in [0.1, 0.15) is 13.8 Å². The maximum absolute atomic E-state index is 13.0. The number of nitrogens with zero attached hydrogens (tertiary/aromatic N) is 3. The molecule has 1 atom stereocenters. The Balaban J connectivity index is 1.99. The lowest BCUT2D eigenvalue weighted by molar-refractivity contribution is 0.242. The highest BCUT2D eigenvalue weighted by molar-refractivity contribution is 7.14. The van der Waals surface area contributed by atoms with Gasteiger partial charge in [-0.1, -0.05) is 0 Å². The molecule has 0 bridgehead atoms. The van der Waals surface area contributed by atoms with E-state index in [4.69, 9.17) is 15.2 Å². The van der Waals surface area contributed by atoms with E-state index in [2.05, 4.69) is 14.5 Å². The van der Waals surface area contributed by atoms with Gasteiger partial charge < -0.3 is 15.2 Å². The van der Waals surface area contributed by atoms with Crippen molar-refractivity contribution in [2.75, 3.05) is 12.8 Å². The standard InChI is InChI=1S/C20H21N4O3P/c1-11(2)27-14-8-9-15-16(10-14)24(28)20(25)17-18(15)22-23(19(17)21)12-4-6-13(26-3)7-5-12/h4-11H,21,28H2,1-3H3. The summed E-state index contributed by atoms with van der Waals surface area (Å²) < 4.78 is 14.0. The predicted octanol–water partition coefficient (Wildman–Crippen LogP) is 3.36. The van der Waals surface area contributed by atoms with E-state index < -0.39 is 0 Å². The molecule has 144 valence electrons. The summed E-state index contributed by atoms with van der Waals surface area (Å²) >= 11 is 0. The molecule has 0 spiro atoms. The van der Waals surface area contributed by atoms with Gasteiger partial charge in [0.2, 0.25) is 0 Å². The molecule has 2 aromatic heterocycles. The first-order chi connectivity index (χ1) is 13.4. The minimum atomic E-state index is -0.230. The number of pyridine rings is 1. The summed E-state index contributed by atoms with van der Waals surface area (Å²) in [5.74, 6) is 1.72. The van der Waals surface area contributed by atoms with Crippen LogP contribution >= 0.6 is 9.39 Å². The van der Waals surface area contributed by atoms with Gasteiger partial charge in [-0.15, -0.1) is 0 Å². The lowest BCUT2D eigenvalue weighted by Crippen LogP contribution is -2.14. The second-order valence-electron chi connectivity index (χ2n) is 6.74. The minimum Gasteiger partial charge on any atom is -0.497 e. The number of hydrogen-bond acceptors (Lipinski definition) is 5. The first kappa shape index (κ1) is 18.3. The molecule has 2 aromatic carbocycles. The third-order valence-corrected chi connectivity index (χ3v) is 5.04. The van der Waals surface area contributed by atoms with Gasteiger partial charge in [0.15, 0.2) is 0 Å². The molecule has 1 unspecified atom stereocenters. The number of anilines is 1. The van der Waals surface area contributed by atoms with Crippen molar-refractivity contribution >= 4 is 37.0 Å². The zero-order chi connectivity index (χ0) is 20.0. The Morgan fingerprint density at radius 1 is 1.11 bits per heavy atom. The summed E-state index contributed by atoms with van der Waals surface area (Å²) in [4.78, 5) is 13.0. The number of fused-ring (bicyclic) bond motifs is 3. The van der Waals surface area contributed by atoms with E-state index in [0.29, 0.717) is 28.0 Å². The SMILES string of the molecule is COc1ccc(-n2nc3c(c2N)c(=O)n(P)c2cc(OC(C)C)ccc32)cc1. The molecule has 7 nitrogen and oxygen atoms in total. The molecular weight excluding hydrogens is 375 g/mol. The van der Waals surface area contributed by atoms with Crippen LogP contribution in [-0.4, -0.2) is 27.3 Å². The fourth-order valence-electron chi connectivity index (χ4n) is 3.24. The summed E-state index contributed by atoms with van der Waals surface area (Å²) in [6, 6.07) is 12.9. The van der Waals surface area contributed by atoms with Crippen molar-refractivity contribution in [3.63, 3.8) is 0 Å². The zero-order valence-corrected chi connectivity index (χ0v) is 17.0. The average molecular weight is 396 g/mol. The largest absolute Gasteiger partial charge is 0.497 e. The molecule has 28 heavy (non-hydrogen) atoms. The molecule has 0 aliphatic carbocycles. The lowest BCUT2D eigenvalue weighted by atomic mass is 10.1. The Morgan fingerprint density at radius 3 is 2.43 bits per heavy atom. The molecule has 0 aliphatic heterocycles. The first-order valence-corrected chi connectivity index (χ1v) is 9.35. The van der Waals surface area contributed by atoms with E-state index in [1.807, 2.05) is 56.3 Å². The fraction of sp³-hybridized carbons (Fsp3) is 0.200. The van der Waals surface area contributed by atoms with Gasteiger partial charge in [-0.3, -0.25) is 9.13 Å². The van der Waals surface area contributed by atoms with Gasteiger partial charge in [-0.25, -0.2) is 4.68 Å². The van der Waals surface area contributed by atoms with E-state index in [1.54, 1.807) is 11.8 Å². The molecule has 0 saturated carbocycles. The summed E-state index contributed by atoms with van der Waals surface area (Å²) in [7, 11) is 4.06. The van der Waals surface area contributed by atoms with Gasteiger partial charge in [-0.05, 0) is 59.6 Å². The summed E-state index contributed by atoms with van der Waals surface area (Å²) in [5.41, 5.74) is 8.10. The highest BCUT2D eigenvalue weighted by Crippen LogP contribution is 2.31. The van der Waals surface area contributed by atoms with Crippen LogP contribution in [0, 0.1) is 0 Å². The Kier molecular flexibility index (Phi) is 4.47. The number of hydrogen-bond donors (Lipinski definition) is 1. The van der Waals surface area contributed by atoms with Gasteiger partial charge >= 0.3 is 0 Å². The number of rotatable bonds is 4. The van der Waals surface area contributed by atoms with Crippen LogP contribution in [0.25, 0.3) is 27.5 Å². The molecule has 0 saturated heterocycles. The molecule has 0 fully saturated rings. The van der Waals surface area contributed by atoms with Gasteiger partial charge in [0, 0.05) is 11.5 Å². The first-order valence-electron chi connectivity index (χ1n) is 8.84. The van der Waals surface area contributed by atoms with Crippen molar-refractivity contribution in [1.82, 2.24) is 14.1 Å². The van der Waals surface area contributed by atoms with Crippen molar-refractivity contribution in [3.8, 4) is 17.2 Å². The van der Waals surface area contributed by atoms with E-state index in [0.717, 1.165) is 16.8 Å². The predicted molar refractivity (Wildman–Crippen MR) is 115 cm³/mol. The molecule has 8 heteroatoms. The molecule has 0 aliphatic rings. The van der Waals surface area contributed by atoms with Crippen LogP contribution in [0.3, 0.4) is 0 Å². The number of nitrogens with two attached hydrogens (primary N) is 1. The maximum Gasteiger partial charge on any atom is 0.267 e. The van der Waals surface area contributed by atoms with E-state index in [9.17, 15) is 4.79 Å². The second kappa shape index (κ2) is 6.84. The Bertz CT molecular complexity index is 1240. The quantitative estimate of drug-likeness (QED) is 0.535. The fourth-order valence-corrected chi connectivity index (χ4v) is 3.58.